The molecule has 0 spiro atoms. The lowest BCUT2D eigenvalue weighted by molar-refractivity contribution is 0.378. The maximum absolute atomic E-state index is 8.74. The molecule has 11 heteroatoms. The van der Waals surface area contributed by atoms with Crippen molar-refractivity contribution in [2.45, 2.75) is 0 Å². The van der Waals surface area contributed by atoms with Crippen LogP contribution in [0.2, 0.25) is 0 Å². The minimum absolute atomic E-state index is 0. The summed E-state index contributed by atoms with van der Waals surface area (Å²) in [6, 6.07) is 0. The molecule has 0 bridgehead atoms. The number of hydrogen-bond acceptors (Lipinski definition) is 4. The first kappa shape index (κ1) is 17.2. The Morgan fingerprint density at radius 2 is 0.636 bits per heavy atom. The van der Waals surface area contributed by atoms with E-state index in [2.05, 4.69) is 0 Å². The summed E-state index contributed by atoms with van der Waals surface area (Å²) >= 11 is 0. The van der Waals surface area contributed by atoms with E-state index in [0.717, 1.165) is 0 Å². The molecular weight excluding hydrogens is 228 g/mol. The van der Waals surface area contributed by atoms with Crippen LogP contribution in [-0.4, -0.2) is 35.0 Å². The van der Waals surface area contributed by atoms with Gasteiger partial charge in [-0.3, -0.25) is 18.2 Å². The third kappa shape index (κ3) is 719000. The van der Waals surface area contributed by atoms with E-state index in [1.54, 1.807) is 0 Å². The molecular formula is H5ClO8S2. The third-order valence-electron chi connectivity index (χ3n) is 0. The summed E-state index contributed by atoms with van der Waals surface area (Å²) in [6.45, 7) is 0. The van der Waals surface area contributed by atoms with Gasteiger partial charge in [0.05, 0.1) is 0 Å². The molecule has 11 heavy (non-hydrogen) atoms. The summed E-state index contributed by atoms with van der Waals surface area (Å²) in [5, 5.41) is 0. The number of hydrogen-bond donors (Lipinski definition) is 4. The molecule has 0 fully saturated rings. The second-order valence-corrected chi connectivity index (χ2v) is 2.69. The SMILES string of the molecule is Cl.O=S(=O)(O)O.O=S(=O)(O)O. The van der Waals surface area contributed by atoms with E-state index in [9.17, 15) is 0 Å². The average molecular weight is 233 g/mol. The van der Waals surface area contributed by atoms with Gasteiger partial charge in [0.15, 0.2) is 0 Å². The van der Waals surface area contributed by atoms with Crippen molar-refractivity contribution in [1.82, 2.24) is 0 Å². The minimum atomic E-state index is -4.67. The second kappa shape index (κ2) is 5.65. The van der Waals surface area contributed by atoms with Crippen LogP contribution in [-0.2, 0) is 20.8 Å². The van der Waals surface area contributed by atoms with E-state index in [1.165, 1.54) is 0 Å². The van der Waals surface area contributed by atoms with Crippen LogP contribution in [0.25, 0.3) is 0 Å². The maximum Gasteiger partial charge on any atom is 0.394 e. The summed E-state index contributed by atoms with van der Waals surface area (Å²) < 4.78 is 63.2. The van der Waals surface area contributed by atoms with Crippen molar-refractivity contribution in [3.8, 4) is 0 Å². The Hall–Kier alpha value is 0.0300. The van der Waals surface area contributed by atoms with Crippen LogP contribution in [0.15, 0.2) is 0 Å². The van der Waals surface area contributed by atoms with Gasteiger partial charge in [0.1, 0.15) is 0 Å². The van der Waals surface area contributed by atoms with Crippen LogP contribution in [0.1, 0.15) is 0 Å². The average Bonchev–Trinajstić information content (AvgIpc) is 1.12. The molecule has 0 aliphatic rings. The van der Waals surface area contributed by atoms with E-state index in [-0.39, 0.29) is 12.4 Å². The molecule has 4 N–H and O–H groups in total. The first-order chi connectivity index (χ1) is 4.00. The van der Waals surface area contributed by atoms with E-state index < -0.39 is 20.8 Å². The zero-order chi connectivity index (χ0) is 9.00. The van der Waals surface area contributed by atoms with Crippen molar-refractivity contribution < 1.29 is 35.0 Å². The molecule has 0 saturated carbocycles. The Bertz CT molecular complexity index is 208. The van der Waals surface area contributed by atoms with E-state index in [4.69, 9.17) is 35.0 Å². The number of rotatable bonds is 0. The molecule has 0 radical (unpaired) electrons. The summed E-state index contributed by atoms with van der Waals surface area (Å²) in [4.78, 5) is 0. The van der Waals surface area contributed by atoms with Gasteiger partial charge in [0.25, 0.3) is 0 Å². The Kier molecular flexibility index (Phi) is 8.84. The van der Waals surface area contributed by atoms with Crippen LogP contribution in [0.3, 0.4) is 0 Å². The highest BCUT2D eigenvalue weighted by atomic mass is 35.5. The summed E-state index contributed by atoms with van der Waals surface area (Å²) in [7, 11) is -9.33. The molecule has 0 atom stereocenters. The summed E-state index contributed by atoms with van der Waals surface area (Å²) in [5.74, 6) is 0. The standard InChI is InChI=1S/ClH.2H2O4S/c;2*1-5(2,3)4/h1H;2*(H2,1,2,3,4). The maximum atomic E-state index is 8.74. The van der Waals surface area contributed by atoms with E-state index in [1.807, 2.05) is 0 Å². The molecule has 0 aromatic heterocycles. The van der Waals surface area contributed by atoms with Crippen molar-refractivity contribution in [3.05, 3.63) is 0 Å². The summed E-state index contributed by atoms with van der Waals surface area (Å²) in [6.07, 6.45) is 0. The highest BCUT2D eigenvalue weighted by Gasteiger charge is 1.85. The number of halogens is 1. The molecule has 0 aliphatic heterocycles. The van der Waals surface area contributed by atoms with Crippen molar-refractivity contribution in [2.75, 3.05) is 0 Å². The predicted octanol–water partition coefficient (Wildman–Crippen LogP) is -0.884. The van der Waals surface area contributed by atoms with Gasteiger partial charge in [0, 0.05) is 0 Å². The van der Waals surface area contributed by atoms with Crippen LogP contribution in [0.5, 0.6) is 0 Å². The van der Waals surface area contributed by atoms with Gasteiger partial charge in [-0.2, -0.15) is 16.8 Å². The van der Waals surface area contributed by atoms with Gasteiger partial charge in [0.2, 0.25) is 0 Å². The molecule has 0 aromatic rings. The highest BCUT2D eigenvalue weighted by Crippen LogP contribution is 1.59. The van der Waals surface area contributed by atoms with Gasteiger partial charge >= 0.3 is 20.8 Å². The zero-order valence-electron chi connectivity index (χ0n) is 4.65. The van der Waals surface area contributed by atoms with Crippen molar-refractivity contribution >= 4 is 33.2 Å². The molecule has 8 nitrogen and oxygen atoms in total. The van der Waals surface area contributed by atoms with Crippen LogP contribution in [0, 0.1) is 0 Å². The molecule has 72 valence electrons. The lowest BCUT2D eigenvalue weighted by atomic mass is 15.8. The minimum Gasteiger partial charge on any atom is -0.264 e. The van der Waals surface area contributed by atoms with E-state index in [0.29, 0.717) is 0 Å². The summed E-state index contributed by atoms with van der Waals surface area (Å²) in [5.41, 5.74) is 0. The van der Waals surface area contributed by atoms with Crippen molar-refractivity contribution in [2.24, 2.45) is 0 Å². The Morgan fingerprint density at radius 3 is 0.636 bits per heavy atom. The molecule has 0 heterocycles. The van der Waals surface area contributed by atoms with Crippen LogP contribution >= 0.6 is 12.4 Å². The molecule has 0 unspecified atom stereocenters. The highest BCUT2D eigenvalue weighted by molar-refractivity contribution is 7.80. The molecule has 0 rings (SSSR count). The van der Waals surface area contributed by atoms with Crippen LogP contribution in [0.4, 0.5) is 0 Å². The fourth-order valence-electron chi connectivity index (χ4n) is 0. The lowest BCUT2D eigenvalue weighted by Crippen LogP contribution is -1.89. The van der Waals surface area contributed by atoms with Gasteiger partial charge in [-0.1, -0.05) is 0 Å². The normalized spacial score (nSPS) is 10.5. The molecule has 0 amide bonds. The van der Waals surface area contributed by atoms with Gasteiger partial charge in [-0.15, -0.1) is 12.4 Å². The Balaban J connectivity index is -0.000000107. The topological polar surface area (TPSA) is 149 Å². The fraction of sp³-hybridized carbons (Fsp3) is 0. The van der Waals surface area contributed by atoms with Crippen molar-refractivity contribution in [3.63, 3.8) is 0 Å². The van der Waals surface area contributed by atoms with Crippen molar-refractivity contribution in [1.29, 1.82) is 0 Å². The smallest absolute Gasteiger partial charge is 0.264 e. The molecule has 0 aromatic carbocycles. The van der Waals surface area contributed by atoms with Gasteiger partial charge in [-0.05, 0) is 0 Å². The third-order valence-corrected chi connectivity index (χ3v) is 0. The Morgan fingerprint density at radius 1 is 0.636 bits per heavy atom. The largest absolute Gasteiger partial charge is 0.394 e. The zero-order valence-corrected chi connectivity index (χ0v) is 7.10. The van der Waals surface area contributed by atoms with E-state index >= 15 is 0 Å². The first-order valence-electron chi connectivity index (χ1n) is 1.40. The van der Waals surface area contributed by atoms with Crippen LogP contribution < -0.4 is 0 Å². The second-order valence-electron chi connectivity index (χ2n) is 0.896. The van der Waals surface area contributed by atoms with Gasteiger partial charge < -0.3 is 0 Å². The fourth-order valence-corrected chi connectivity index (χ4v) is 0. The Labute approximate surface area is 68.8 Å². The quantitative estimate of drug-likeness (QED) is 0.393. The molecule has 0 saturated heterocycles. The first-order valence-corrected chi connectivity index (χ1v) is 4.19. The van der Waals surface area contributed by atoms with Gasteiger partial charge in [-0.25, -0.2) is 0 Å². The lowest BCUT2D eigenvalue weighted by Gasteiger charge is -1.68. The monoisotopic (exact) mass is 232 g/mol. The molecule has 0 aliphatic carbocycles. The predicted molar refractivity (Wildman–Crippen MR) is 35.6 cm³/mol.